The van der Waals surface area contributed by atoms with Crippen molar-refractivity contribution in [1.29, 1.82) is 0 Å². The number of Topliss-reactive ketones (excluding diaryl/α,β-unsaturated/α-hetero) is 4. The van der Waals surface area contributed by atoms with Crippen LogP contribution in [0.15, 0.2) is 29.1 Å². The molecule has 3 aliphatic rings. The number of amides is 1. The number of hydrogen-bond acceptors (Lipinski definition) is 10. The zero-order chi connectivity index (χ0) is 26.3. The first-order valence-electron chi connectivity index (χ1n) is 11.4. The van der Waals surface area contributed by atoms with Crippen molar-refractivity contribution >= 4 is 34.7 Å². The molecule has 1 aromatic heterocycles. The zero-order valence-electron chi connectivity index (χ0n) is 19.6. The summed E-state index contributed by atoms with van der Waals surface area (Å²) >= 11 is 0. The van der Waals surface area contributed by atoms with Crippen LogP contribution in [0.25, 0.3) is 11.1 Å². The number of phenolic OH excluding ortho intramolecular Hbond substituents is 1. The molecule has 0 saturated heterocycles. The minimum Gasteiger partial charge on any atom is -0.505 e. The second-order valence-electron chi connectivity index (χ2n) is 10.0. The molecule has 0 spiro atoms. The summed E-state index contributed by atoms with van der Waals surface area (Å²) < 4.78 is 5.16. The predicted octanol–water partition coefficient (Wildman–Crippen LogP) is -0.291. The molecule has 2 aromatic rings. The van der Waals surface area contributed by atoms with Gasteiger partial charge in [-0.25, -0.2) is 0 Å². The monoisotopic (exact) mass is 495 g/mol. The third-order valence-corrected chi connectivity index (χ3v) is 7.92. The lowest BCUT2D eigenvalue weighted by atomic mass is 9.52. The molecule has 11 nitrogen and oxygen atoms in total. The number of benzene rings is 1. The average molecular weight is 495 g/mol. The number of likely N-dealkylation sites (N-methyl/N-ethyl adjacent to an activating group) is 1. The lowest BCUT2D eigenvalue weighted by Gasteiger charge is -2.52. The number of aromatic hydroxyl groups is 1. The number of furan rings is 1. The van der Waals surface area contributed by atoms with Gasteiger partial charge in [0.1, 0.15) is 5.75 Å². The third-order valence-electron chi connectivity index (χ3n) is 7.92. The minimum absolute atomic E-state index is 0.0279. The van der Waals surface area contributed by atoms with E-state index in [2.05, 4.69) is 0 Å². The second-order valence-corrected chi connectivity index (χ2v) is 10.0. The molecule has 188 valence electrons. The highest BCUT2D eigenvalue weighted by Crippen LogP contribution is 2.52. The predicted molar refractivity (Wildman–Crippen MR) is 123 cm³/mol. The number of nitrogens with zero attached hydrogens (tertiary/aromatic N) is 1. The fraction of sp³-hybridized carbons (Fsp3) is 0.400. The molecule has 6 N–H and O–H groups in total. The van der Waals surface area contributed by atoms with Gasteiger partial charge < -0.3 is 26.1 Å². The Labute approximate surface area is 205 Å². The molecule has 0 bridgehead atoms. The fourth-order valence-electron chi connectivity index (χ4n) is 6.37. The van der Waals surface area contributed by atoms with Crippen molar-refractivity contribution in [2.45, 2.75) is 24.5 Å². The van der Waals surface area contributed by atoms with Crippen LogP contribution < -0.4 is 11.5 Å². The van der Waals surface area contributed by atoms with Crippen molar-refractivity contribution in [1.82, 2.24) is 4.90 Å². The van der Waals surface area contributed by atoms with Crippen LogP contribution in [0, 0.1) is 23.7 Å². The summed E-state index contributed by atoms with van der Waals surface area (Å²) in [4.78, 5) is 67.4. The summed E-state index contributed by atoms with van der Waals surface area (Å²) in [6, 6.07) is 2.03. The number of nitrogen functional groups attached to an aromatic ring is 1. The molecule has 1 aromatic carbocycles. The maximum Gasteiger partial charge on any atom is 0.235 e. The number of fused-ring (bicyclic) bond motifs is 3. The van der Waals surface area contributed by atoms with Gasteiger partial charge in [0.05, 0.1) is 35.7 Å². The Morgan fingerprint density at radius 2 is 1.89 bits per heavy atom. The molecule has 1 heterocycles. The van der Waals surface area contributed by atoms with Gasteiger partial charge in [0.15, 0.2) is 34.7 Å². The lowest BCUT2D eigenvalue weighted by Crippen LogP contribution is -2.74. The first kappa shape index (κ1) is 23.9. The Hall–Kier alpha value is -3.83. The van der Waals surface area contributed by atoms with Gasteiger partial charge in [0.25, 0.3) is 0 Å². The number of carbonyl (C=O) groups is 5. The maximum absolute atomic E-state index is 13.8. The standard InChI is InChI=1S/C25H25N3O8/c1-28(2)18-13-6-10-5-12-11(9-3-4-36-8-9)7-14(26)19(29)16(12)20(30)15(10)22(32)25(13,35)23(33)17(21(18)31)24(27)34/h3-4,7-8,10,13,15,17-18,29,35H,5-6,26H2,1-2H3,(H2,27,34)/t10-,13-,15?,17?,18-,25-/m0/s1. The summed E-state index contributed by atoms with van der Waals surface area (Å²) in [7, 11) is 3.07. The molecule has 0 aliphatic heterocycles. The molecule has 11 heteroatoms. The van der Waals surface area contributed by atoms with Crippen LogP contribution in [-0.2, 0) is 25.6 Å². The fourth-order valence-corrected chi connectivity index (χ4v) is 6.37. The molecular formula is C25H25N3O8. The van der Waals surface area contributed by atoms with Crippen molar-refractivity contribution in [3.05, 3.63) is 35.8 Å². The SMILES string of the molecule is CN(C)[C@@H]1C(=O)C(C(N)=O)C(=O)[C@@]2(O)C(=O)C3C(=O)c4c(O)c(N)cc(-c5ccoc5)c4C[C@H]3C[C@@H]12. The number of phenols is 1. The largest absolute Gasteiger partial charge is 0.505 e. The summed E-state index contributed by atoms with van der Waals surface area (Å²) in [6.07, 6.45) is 3.01. The van der Waals surface area contributed by atoms with E-state index in [1.165, 1.54) is 37.6 Å². The van der Waals surface area contributed by atoms with Crippen molar-refractivity contribution < 1.29 is 38.6 Å². The molecule has 1 amide bonds. The Bertz CT molecular complexity index is 1350. The highest BCUT2D eigenvalue weighted by atomic mass is 16.3. The van der Waals surface area contributed by atoms with Gasteiger partial charge in [-0.15, -0.1) is 0 Å². The lowest BCUT2D eigenvalue weighted by molar-refractivity contribution is -0.181. The second kappa shape index (κ2) is 7.84. The van der Waals surface area contributed by atoms with Crippen molar-refractivity contribution in [2.24, 2.45) is 29.4 Å². The number of rotatable bonds is 3. The smallest absolute Gasteiger partial charge is 0.235 e. The highest BCUT2D eigenvalue weighted by Gasteiger charge is 2.69. The summed E-state index contributed by atoms with van der Waals surface area (Å²) in [6.45, 7) is 0. The number of anilines is 1. The Morgan fingerprint density at radius 1 is 1.19 bits per heavy atom. The Kier molecular flexibility index (Phi) is 5.20. The maximum atomic E-state index is 13.8. The number of primary amides is 1. The normalized spacial score (nSPS) is 31.7. The van der Waals surface area contributed by atoms with Crippen molar-refractivity contribution in [2.75, 3.05) is 19.8 Å². The van der Waals surface area contributed by atoms with E-state index < -0.39 is 70.1 Å². The Balaban J connectivity index is 1.69. The molecule has 2 unspecified atom stereocenters. The number of carbonyl (C=O) groups excluding carboxylic acids is 5. The van der Waals surface area contributed by atoms with Crippen LogP contribution in [0.4, 0.5) is 5.69 Å². The van der Waals surface area contributed by atoms with Crippen LogP contribution in [0.1, 0.15) is 22.3 Å². The number of nitrogens with two attached hydrogens (primary N) is 2. The number of aliphatic hydroxyl groups is 1. The Morgan fingerprint density at radius 3 is 2.47 bits per heavy atom. The molecule has 6 atom stereocenters. The van der Waals surface area contributed by atoms with E-state index >= 15 is 0 Å². The van der Waals surface area contributed by atoms with Gasteiger partial charge in [0.2, 0.25) is 5.91 Å². The van der Waals surface area contributed by atoms with E-state index in [9.17, 15) is 34.2 Å². The van der Waals surface area contributed by atoms with E-state index in [-0.39, 0.29) is 24.1 Å². The summed E-state index contributed by atoms with van der Waals surface area (Å²) in [5, 5.41) is 22.3. The number of ketones is 4. The minimum atomic E-state index is -2.76. The van der Waals surface area contributed by atoms with E-state index in [4.69, 9.17) is 15.9 Å². The van der Waals surface area contributed by atoms with Gasteiger partial charge in [-0.2, -0.15) is 0 Å². The zero-order valence-corrected chi connectivity index (χ0v) is 19.6. The van der Waals surface area contributed by atoms with Gasteiger partial charge in [0, 0.05) is 11.5 Å². The van der Waals surface area contributed by atoms with E-state index in [1.54, 1.807) is 6.07 Å². The van der Waals surface area contributed by atoms with Crippen LogP contribution in [-0.4, -0.2) is 69.9 Å². The van der Waals surface area contributed by atoms with Crippen molar-refractivity contribution in [3.8, 4) is 16.9 Å². The van der Waals surface area contributed by atoms with Gasteiger partial charge in [-0.05, 0) is 56.1 Å². The van der Waals surface area contributed by atoms with Crippen LogP contribution in [0.3, 0.4) is 0 Å². The first-order valence-corrected chi connectivity index (χ1v) is 11.4. The van der Waals surface area contributed by atoms with Gasteiger partial charge in [-0.1, -0.05) is 0 Å². The number of hydrogen-bond donors (Lipinski definition) is 4. The summed E-state index contributed by atoms with van der Waals surface area (Å²) in [5.74, 6) is -11.1. The molecular weight excluding hydrogens is 470 g/mol. The molecule has 2 fully saturated rings. The summed E-state index contributed by atoms with van der Waals surface area (Å²) in [5.41, 5.74) is 9.90. The third kappa shape index (κ3) is 2.96. The van der Waals surface area contributed by atoms with Crippen LogP contribution in [0.2, 0.25) is 0 Å². The van der Waals surface area contributed by atoms with E-state index in [1.807, 2.05) is 0 Å². The van der Waals surface area contributed by atoms with Gasteiger partial charge >= 0.3 is 0 Å². The van der Waals surface area contributed by atoms with E-state index in [0.717, 1.165) is 0 Å². The first-order chi connectivity index (χ1) is 16.9. The highest BCUT2D eigenvalue weighted by molar-refractivity contribution is 6.32. The topological polar surface area (TPSA) is 194 Å². The van der Waals surface area contributed by atoms with E-state index in [0.29, 0.717) is 16.7 Å². The molecule has 2 saturated carbocycles. The van der Waals surface area contributed by atoms with Crippen molar-refractivity contribution in [3.63, 3.8) is 0 Å². The molecule has 5 rings (SSSR count). The van der Waals surface area contributed by atoms with Gasteiger partial charge in [-0.3, -0.25) is 28.9 Å². The average Bonchev–Trinajstić information content (AvgIpc) is 3.33. The molecule has 0 radical (unpaired) electrons. The quantitative estimate of drug-likeness (QED) is 0.250. The molecule has 3 aliphatic carbocycles. The van der Waals surface area contributed by atoms with Crippen LogP contribution in [0.5, 0.6) is 5.75 Å². The molecule has 36 heavy (non-hydrogen) atoms. The van der Waals surface area contributed by atoms with Crippen LogP contribution >= 0.6 is 0 Å².